The van der Waals surface area contributed by atoms with E-state index >= 15 is 0 Å². The number of hydrogen-bond donors (Lipinski definition) is 0. The van der Waals surface area contributed by atoms with E-state index in [2.05, 4.69) is 27.4 Å². The topological polar surface area (TPSA) is 113 Å². The summed E-state index contributed by atoms with van der Waals surface area (Å²) in [6.45, 7) is 4.10. The average Bonchev–Trinajstić information content (AvgIpc) is 3.42. The smallest absolute Gasteiger partial charge is 0.276 e. The summed E-state index contributed by atoms with van der Waals surface area (Å²) in [5, 5.41) is 16.9. The molecule has 5 rings (SSSR count). The number of rotatable bonds is 3. The second-order valence-electron chi connectivity index (χ2n) is 8.75. The van der Waals surface area contributed by atoms with E-state index in [0.717, 1.165) is 36.1 Å². The maximum absolute atomic E-state index is 12.7. The van der Waals surface area contributed by atoms with Crippen molar-refractivity contribution in [1.82, 2.24) is 39.5 Å². The van der Waals surface area contributed by atoms with Gasteiger partial charge in [-0.3, -0.25) is 14.0 Å². The van der Waals surface area contributed by atoms with Crippen molar-refractivity contribution in [2.75, 3.05) is 0 Å². The van der Waals surface area contributed by atoms with Gasteiger partial charge in [0.2, 0.25) is 0 Å². The lowest BCUT2D eigenvalue weighted by atomic mass is 9.54. The van der Waals surface area contributed by atoms with Crippen molar-refractivity contribution in [3.63, 3.8) is 0 Å². The molecule has 0 spiro atoms. The third kappa shape index (κ3) is 2.52. The summed E-state index contributed by atoms with van der Waals surface area (Å²) in [6, 6.07) is 0. The van der Waals surface area contributed by atoms with Crippen molar-refractivity contribution in [3.05, 3.63) is 23.8 Å². The molecular weight excluding hydrogens is 384 g/mol. The lowest BCUT2D eigenvalue weighted by Gasteiger charge is -2.48. The van der Waals surface area contributed by atoms with Gasteiger partial charge in [0.05, 0.1) is 30.4 Å². The minimum absolute atomic E-state index is 0.0541. The molecular formula is C20H24N8O2. The molecule has 3 aromatic rings. The molecule has 10 heteroatoms. The lowest BCUT2D eigenvalue weighted by molar-refractivity contribution is -0.137. The van der Waals surface area contributed by atoms with Crippen molar-refractivity contribution < 1.29 is 9.59 Å². The van der Waals surface area contributed by atoms with E-state index in [1.165, 1.54) is 4.80 Å². The Morgan fingerprint density at radius 2 is 2.10 bits per heavy atom. The molecule has 3 heterocycles. The van der Waals surface area contributed by atoms with Crippen molar-refractivity contribution in [2.24, 2.45) is 31.8 Å². The van der Waals surface area contributed by atoms with Gasteiger partial charge >= 0.3 is 0 Å². The van der Waals surface area contributed by atoms with Crippen LogP contribution >= 0.6 is 0 Å². The van der Waals surface area contributed by atoms with Crippen LogP contribution in [0.1, 0.15) is 38.1 Å². The highest BCUT2D eigenvalue weighted by Crippen LogP contribution is 2.52. The van der Waals surface area contributed by atoms with E-state index in [1.807, 2.05) is 24.7 Å². The fraction of sp³-hybridized carbons (Fsp3) is 0.550. The van der Waals surface area contributed by atoms with Crippen molar-refractivity contribution in [3.8, 4) is 17.3 Å². The van der Waals surface area contributed by atoms with Crippen LogP contribution in [0.15, 0.2) is 12.4 Å². The SMILES string of the molecule is C[C@@H]1C(=O)C(C=O)C[C@]2(C)c3nc(-c4cnn(C)c4)n(-c4nnn(C)n4)c3CC[C@@H]12. The van der Waals surface area contributed by atoms with Gasteiger partial charge in [-0.15, -0.1) is 5.10 Å². The first-order valence-corrected chi connectivity index (χ1v) is 10.2. The zero-order chi connectivity index (χ0) is 21.2. The summed E-state index contributed by atoms with van der Waals surface area (Å²) in [5.41, 5.74) is 2.42. The highest BCUT2D eigenvalue weighted by atomic mass is 16.1. The van der Waals surface area contributed by atoms with Crippen LogP contribution in [0.25, 0.3) is 17.3 Å². The second kappa shape index (κ2) is 6.41. The third-order valence-electron chi connectivity index (χ3n) is 6.91. The first-order valence-electron chi connectivity index (χ1n) is 10.2. The maximum Gasteiger partial charge on any atom is 0.276 e. The quantitative estimate of drug-likeness (QED) is 0.470. The molecule has 156 valence electrons. The molecule has 0 aliphatic heterocycles. The number of Topliss-reactive ketones (excluding diaryl/α,β-unsaturated/α-hetero) is 1. The lowest BCUT2D eigenvalue weighted by Crippen LogP contribution is -2.51. The van der Waals surface area contributed by atoms with Crippen LogP contribution in [-0.4, -0.2) is 51.6 Å². The van der Waals surface area contributed by atoms with E-state index < -0.39 is 5.92 Å². The van der Waals surface area contributed by atoms with Crippen LogP contribution in [0.3, 0.4) is 0 Å². The molecule has 1 fully saturated rings. The van der Waals surface area contributed by atoms with E-state index in [0.29, 0.717) is 18.2 Å². The summed E-state index contributed by atoms with van der Waals surface area (Å²) in [5.74, 6) is 0.601. The number of ketones is 1. The minimum atomic E-state index is -0.589. The van der Waals surface area contributed by atoms with Crippen molar-refractivity contribution in [2.45, 2.75) is 38.5 Å². The largest absolute Gasteiger partial charge is 0.303 e. The summed E-state index contributed by atoms with van der Waals surface area (Å²) in [7, 11) is 3.59. The number of tetrazole rings is 1. The first kappa shape index (κ1) is 18.8. The summed E-state index contributed by atoms with van der Waals surface area (Å²) >= 11 is 0. The Morgan fingerprint density at radius 1 is 1.30 bits per heavy atom. The van der Waals surface area contributed by atoms with Crippen molar-refractivity contribution in [1.29, 1.82) is 0 Å². The van der Waals surface area contributed by atoms with E-state index in [1.54, 1.807) is 17.9 Å². The zero-order valence-electron chi connectivity index (χ0n) is 17.5. The van der Waals surface area contributed by atoms with Crippen LogP contribution in [0, 0.1) is 17.8 Å². The molecule has 1 saturated carbocycles. The molecule has 0 bridgehead atoms. The molecule has 0 aromatic carbocycles. The van der Waals surface area contributed by atoms with Gasteiger partial charge in [-0.2, -0.15) is 9.90 Å². The summed E-state index contributed by atoms with van der Waals surface area (Å²) < 4.78 is 3.68. The highest BCUT2D eigenvalue weighted by molar-refractivity contribution is 5.96. The number of aromatic nitrogens is 8. The minimum Gasteiger partial charge on any atom is -0.303 e. The number of fused-ring (bicyclic) bond motifs is 3. The van der Waals surface area contributed by atoms with Gasteiger partial charge in [0.25, 0.3) is 5.95 Å². The van der Waals surface area contributed by atoms with E-state index in [-0.39, 0.29) is 23.0 Å². The fourth-order valence-electron chi connectivity index (χ4n) is 5.50. The van der Waals surface area contributed by atoms with Gasteiger partial charge in [-0.1, -0.05) is 18.9 Å². The summed E-state index contributed by atoms with van der Waals surface area (Å²) in [4.78, 5) is 30.9. The van der Waals surface area contributed by atoms with Crippen LogP contribution in [-0.2, 0) is 35.5 Å². The van der Waals surface area contributed by atoms with Gasteiger partial charge in [-0.25, -0.2) is 4.98 Å². The van der Waals surface area contributed by atoms with Crippen molar-refractivity contribution >= 4 is 12.1 Å². The van der Waals surface area contributed by atoms with Gasteiger partial charge in [0.15, 0.2) is 5.82 Å². The number of hydrogen-bond acceptors (Lipinski definition) is 7. The molecule has 0 amide bonds. The third-order valence-corrected chi connectivity index (χ3v) is 6.91. The Bertz CT molecular complexity index is 1160. The molecule has 0 N–H and O–H groups in total. The van der Waals surface area contributed by atoms with Crippen LogP contribution in [0.2, 0.25) is 0 Å². The predicted molar refractivity (Wildman–Crippen MR) is 106 cm³/mol. The molecule has 0 radical (unpaired) electrons. The number of imidazole rings is 1. The fourth-order valence-corrected chi connectivity index (χ4v) is 5.50. The Balaban J connectivity index is 1.74. The van der Waals surface area contributed by atoms with E-state index in [4.69, 9.17) is 4.98 Å². The van der Waals surface area contributed by atoms with E-state index in [9.17, 15) is 9.59 Å². The van der Waals surface area contributed by atoms with Gasteiger partial charge < -0.3 is 4.79 Å². The zero-order valence-corrected chi connectivity index (χ0v) is 17.5. The monoisotopic (exact) mass is 408 g/mol. The van der Waals surface area contributed by atoms with Crippen LogP contribution in [0.4, 0.5) is 0 Å². The average molecular weight is 408 g/mol. The Labute approximate surface area is 173 Å². The number of aldehydes is 1. The summed E-state index contributed by atoms with van der Waals surface area (Å²) in [6.07, 6.45) is 6.56. The first-order chi connectivity index (χ1) is 14.3. The standard InChI is InChI=1S/C20H24N8O2/c1-11-14-5-6-15-17(20(14,2)7-12(10-29)16(11)30)22-18(13-8-21-26(3)9-13)28(15)19-23-25-27(4)24-19/h8-12,14H,5-7H2,1-4H3/t11-,12?,14-,20-/m0/s1. The number of carbonyl (C=O) groups excluding carboxylic acids is 2. The highest BCUT2D eigenvalue weighted by Gasteiger charge is 2.53. The predicted octanol–water partition coefficient (Wildman–Crippen LogP) is 1.04. The maximum atomic E-state index is 12.7. The molecule has 30 heavy (non-hydrogen) atoms. The second-order valence-corrected chi connectivity index (χ2v) is 8.75. The Hall–Kier alpha value is -3.17. The van der Waals surface area contributed by atoms with Gasteiger partial charge in [0, 0.05) is 30.3 Å². The number of carbonyl (C=O) groups is 2. The van der Waals surface area contributed by atoms with Crippen LogP contribution < -0.4 is 0 Å². The normalized spacial score (nSPS) is 28.3. The molecule has 2 aliphatic carbocycles. The Morgan fingerprint density at radius 3 is 2.73 bits per heavy atom. The molecule has 0 saturated heterocycles. The molecule has 2 aliphatic rings. The Kier molecular flexibility index (Phi) is 4.03. The molecule has 4 atom stereocenters. The number of nitrogens with zero attached hydrogens (tertiary/aromatic N) is 8. The molecule has 3 aromatic heterocycles. The van der Waals surface area contributed by atoms with Gasteiger partial charge in [0.1, 0.15) is 12.1 Å². The number of aryl methyl sites for hydroxylation is 2. The van der Waals surface area contributed by atoms with Gasteiger partial charge in [-0.05, 0) is 30.4 Å². The molecule has 10 nitrogen and oxygen atoms in total. The molecule has 1 unspecified atom stereocenters. The van der Waals surface area contributed by atoms with Crippen LogP contribution in [0.5, 0.6) is 0 Å².